The van der Waals surface area contributed by atoms with Crippen molar-refractivity contribution in [2.45, 2.75) is 20.3 Å². The van der Waals surface area contributed by atoms with Crippen molar-refractivity contribution in [2.75, 3.05) is 26.3 Å². The number of ether oxygens (including phenoxy) is 2. The van der Waals surface area contributed by atoms with Crippen LogP contribution in [0.1, 0.15) is 18.9 Å². The second-order valence-electron chi connectivity index (χ2n) is 4.38. The van der Waals surface area contributed by atoms with Crippen molar-refractivity contribution in [2.24, 2.45) is 0 Å². The van der Waals surface area contributed by atoms with Crippen molar-refractivity contribution < 1.29 is 19.1 Å². The van der Waals surface area contributed by atoms with E-state index in [2.05, 4.69) is 10.6 Å². The van der Waals surface area contributed by atoms with Gasteiger partial charge >= 0.3 is 12.0 Å². The van der Waals surface area contributed by atoms with Gasteiger partial charge in [-0.25, -0.2) is 4.79 Å². The molecule has 0 bridgehead atoms. The van der Waals surface area contributed by atoms with Gasteiger partial charge in [-0.05, 0) is 31.9 Å². The van der Waals surface area contributed by atoms with E-state index in [0.29, 0.717) is 26.2 Å². The molecule has 1 aromatic carbocycles. The van der Waals surface area contributed by atoms with Crippen LogP contribution >= 0.6 is 0 Å². The Morgan fingerprint density at radius 1 is 1.19 bits per heavy atom. The number of nitrogens with one attached hydrogen (secondary N) is 2. The molecule has 0 heterocycles. The molecule has 0 fully saturated rings. The lowest BCUT2D eigenvalue weighted by Crippen LogP contribution is -2.39. The predicted molar refractivity (Wildman–Crippen MR) is 79.3 cm³/mol. The lowest BCUT2D eigenvalue weighted by atomic mass is 10.2. The highest BCUT2D eigenvalue weighted by atomic mass is 16.5. The van der Waals surface area contributed by atoms with Gasteiger partial charge < -0.3 is 20.1 Å². The zero-order valence-corrected chi connectivity index (χ0v) is 12.5. The summed E-state index contributed by atoms with van der Waals surface area (Å²) in [5.41, 5.74) is 1.08. The van der Waals surface area contributed by atoms with E-state index >= 15 is 0 Å². The largest absolute Gasteiger partial charge is 0.493 e. The molecule has 1 aromatic rings. The predicted octanol–water partition coefficient (Wildman–Crippen LogP) is 1.63. The van der Waals surface area contributed by atoms with E-state index in [9.17, 15) is 9.59 Å². The first kappa shape index (κ1) is 16.8. The normalized spacial score (nSPS) is 9.81. The van der Waals surface area contributed by atoms with Gasteiger partial charge in [0, 0.05) is 6.54 Å². The second kappa shape index (κ2) is 9.63. The molecular formula is C15H22N2O4. The maximum Gasteiger partial charge on any atom is 0.325 e. The fourth-order valence-corrected chi connectivity index (χ4v) is 1.60. The van der Waals surface area contributed by atoms with Crippen LogP contribution in [-0.2, 0) is 9.53 Å². The van der Waals surface area contributed by atoms with Crippen LogP contribution in [0.2, 0.25) is 0 Å². The van der Waals surface area contributed by atoms with E-state index in [1.807, 2.05) is 31.2 Å². The molecular weight excluding hydrogens is 272 g/mol. The van der Waals surface area contributed by atoms with Crippen molar-refractivity contribution in [3.8, 4) is 5.75 Å². The molecule has 2 amide bonds. The molecule has 0 saturated carbocycles. The number of hydrogen-bond acceptors (Lipinski definition) is 4. The van der Waals surface area contributed by atoms with Crippen LogP contribution in [0.3, 0.4) is 0 Å². The zero-order valence-electron chi connectivity index (χ0n) is 12.5. The molecule has 116 valence electrons. The van der Waals surface area contributed by atoms with Gasteiger partial charge in [0.05, 0.1) is 13.2 Å². The van der Waals surface area contributed by atoms with Crippen molar-refractivity contribution in [3.05, 3.63) is 29.8 Å². The lowest BCUT2D eigenvalue weighted by Gasteiger charge is -2.10. The van der Waals surface area contributed by atoms with Crippen molar-refractivity contribution >= 4 is 12.0 Å². The minimum Gasteiger partial charge on any atom is -0.493 e. The number of aryl methyl sites for hydroxylation is 1. The Bertz CT molecular complexity index is 463. The maximum atomic E-state index is 11.4. The summed E-state index contributed by atoms with van der Waals surface area (Å²) in [7, 11) is 0. The summed E-state index contributed by atoms with van der Waals surface area (Å²) in [6, 6.07) is 7.38. The Morgan fingerprint density at radius 2 is 1.95 bits per heavy atom. The molecule has 6 heteroatoms. The van der Waals surface area contributed by atoms with Gasteiger partial charge in [-0.15, -0.1) is 0 Å². The fourth-order valence-electron chi connectivity index (χ4n) is 1.60. The number of carbonyl (C=O) groups excluding carboxylic acids is 2. The van der Waals surface area contributed by atoms with E-state index in [1.165, 1.54) is 0 Å². The van der Waals surface area contributed by atoms with Crippen molar-refractivity contribution in [1.29, 1.82) is 0 Å². The van der Waals surface area contributed by atoms with E-state index < -0.39 is 5.97 Å². The molecule has 0 aliphatic rings. The molecule has 2 N–H and O–H groups in total. The highest BCUT2D eigenvalue weighted by Crippen LogP contribution is 2.15. The summed E-state index contributed by atoms with van der Waals surface area (Å²) in [6.07, 6.45) is 0.682. The van der Waals surface area contributed by atoms with E-state index in [4.69, 9.17) is 9.47 Å². The van der Waals surface area contributed by atoms with Gasteiger partial charge in [-0.1, -0.05) is 18.2 Å². The molecule has 0 radical (unpaired) electrons. The number of esters is 1. The fraction of sp³-hybridized carbons (Fsp3) is 0.467. The average Bonchev–Trinajstić information content (AvgIpc) is 2.47. The summed E-state index contributed by atoms with van der Waals surface area (Å²) in [6.45, 7) is 4.87. The summed E-state index contributed by atoms with van der Waals surface area (Å²) in [5, 5.41) is 5.06. The lowest BCUT2D eigenvalue weighted by molar-refractivity contribution is -0.141. The first-order valence-electron chi connectivity index (χ1n) is 6.99. The summed E-state index contributed by atoms with van der Waals surface area (Å²) in [5.74, 6) is 0.403. The Balaban J connectivity index is 2.07. The van der Waals surface area contributed by atoms with Crippen LogP contribution in [0.4, 0.5) is 4.79 Å². The highest BCUT2D eigenvalue weighted by Gasteiger charge is 2.04. The topological polar surface area (TPSA) is 76.7 Å². The molecule has 0 spiro atoms. The standard InChI is InChI=1S/C15H22N2O4/c1-3-20-14(18)11-17-15(19)16-9-6-10-21-13-8-5-4-7-12(13)2/h4-5,7-8H,3,6,9-11H2,1-2H3,(H2,16,17,19). The van der Waals surface area contributed by atoms with Crippen LogP contribution in [0.25, 0.3) is 0 Å². The third kappa shape index (κ3) is 7.20. The van der Waals surface area contributed by atoms with Crippen LogP contribution in [0, 0.1) is 6.92 Å². The highest BCUT2D eigenvalue weighted by molar-refractivity contribution is 5.80. The van der Waals surface area contributed by atoms with Gasteiger partial charge in [-0.2, -0.15) is 0 Å². The van der Waals surface area contributed by atoms with Crippen molar-refractivity contribution in [1.82, 2.24) is 10.6 Å². The van der Waals surface area contributed by atoms with Gasteiger partial charge in [0.15, 0.2) is 0 Å². The van der Waals surface area contributed by atoms with Crippen LogP contribution < -0.4 is 15.4 Å². The monoisotopic (exact) mass is 294 g/mol. The number of carbonyl (C=O) groups is 2. The summed E-state index contributed by atoms with van der Waals surface area (Å²) in [4.78, 5) is 22.4. The Kier molecular flexibility index (Phi) is 7.71. The SMILES string of the molecule is CCOC(=O)CNC(=O)NCCCOc1ccccc1C. The summed E-state index contributed by atoms with van der Waals surface area (Å²) >= 11 is 0. The van der Waals surface area contributed by atoms with E-state index in [1.54, 1.807) is 6.92 Å². The first-order valence-corrected chi connectivity index (χ1v) is 6.99. The molecule has 6 nitrogen and oxygen atoms in total. The molecule has 0 aromatic heterocycles. The smallest absolute Gasteiger partial charge is 0.325 e. The second-order valence-corrected chi connectivity index (χ2v) is 4.38. The number of hydrogen-bond donors (Lipinski definition) is 2. The third-order valence-corrected chi connectivity index (χ3v) is 2.66. The van der Waals surface area contributed by atoms with Gasteiger partial charge in [0.1, 0.15) is 12.3 Å². The molecule has 0 aliphatic heterocycles. The maximum absolute atomic E-state index is 11.4. The number of rotatable bonds is 8. The Hall–Kier alpha value is -2.24. The molecule has 21 heavy (non-hydrogen) atoms. The molecule has 0 saturated heterocycles. The van der Waals surface area contributed by atoms with Gasteiger partial charge in [0.2, 0.25) is 0 Å². The van der Waals surface area contributed by atoms with Crippen LogP contribution in [0.5, 0.6) is 5.75 Å². The van der Waals surface area contributed by atoms with Gasteiger partial charge in [0.25, 0.3) is 0 Å². The van der Waals surface area contributed by atoms with Crippen LogP contribution in [0.15, 0.2) is 24.3 Å². The van der Waals surface area contributed by atoms with E-state index in [-0.39, 0.29) is 12.6 Å². The number of benzene rings is 1. The Labute approximate surface area is 124 Å². The van der Waals surface area contributed by atoms with Crippen molar-refractivity contribution in [3.63, 3.8) is 0 Å². The zero-order chi connectivity index (χ0) is 15.5. The molecule has 1 rings (SSSR count). The Morgan fingerprint density at radius 3 is 2.67 bits per heavy atom. The number of urea groups is 1. The molecule has 0 aliphatic carbocycles. The minimum absolute atomic E-state index is 0.126. The van der Waals surface area contributed by atoms with Gasteiger partial charge in [-0.3, -0.25) is 4.79 Å². The summed E-state index contributed by atoms with van der Waals surface area (Å²) < 4.78 is 10.3. The number of amides is 2. The quantitative estimate of drug-likeness (QED) is 0.564. The number of para-hydroxylation sites is 1. The first-order chi connectivity index (χ1) is 10.1. The minimum atomic E-state index is -0.449. The van der Waals surface area contributed by atoms with Crippen LogP contribution in [-0.4, -0.2) is 38.3 Å². The van der Waals surface area contributed by atoms with E-state index in [0.717, 1.165) is 11.3 Å². The third-order valence-electron chi connectivity index (χ3n) is 2.66. The molecule has 0 unspecified atom stereocenters. The molecule has 0 atom stereocenters. The average molecular weight is 294 g/mol.